The summed E-state index contributed by atoms with van der Waals surface area (Å²) in [5.74, 6) is -2.47. The lowest BCUT2D eigenvalue weighted by molar-refractivity contribution is -0.145. The maximum absolute atomic E-state index is 12.1. The molecule has 9 nitrogen and oxygen atoms in total. The highest BCUT2D eigenvalue weighted by atomic mass is 16.6. The molecule has 0 aromatic carbocycles. The van der Waals surface area contributed by atoms with E-state index < -0.39 is 41.6 Å². The molecule has 23 heavy (non-hydrogen) atoms. The van der Waals surface area contributed by atoms with Gasteiger partial charge in [0.05, 0.1) is 7.11 Å². The van der Waals surface area contributed by atoms with Gasteiger partial charge in [-0.25, -0.2) is 9.59 Å². The van der Waals surface area contributed by atoms with E-state index in [1.807, 2.05) is 0 Å². The Morgan fingerprint density at radius 3 is 2.13 bits per heavy atom. The van der Waals surface area contributed by atoms with Gasteiger partial charge in [0, 0.05) is 6.42 Å². The van der Waals surface area contributed by atoms with Crippen molar-refractivity contribution in [1.82, 2.24) is 10.6 Å². The number of alkyl carbamates (subject to hydrolysis) is 1. The Morgan fingerprint density at radius 1 is 1.13 bits per heavy atom. The summed E-state index contributed by atoms with van der Waals surface area (Å²) in [5, 5.41) is 13.4. The van der Waals surface area contributed by atoms with Crippen LogP contribution in [0.3, 0.4) is 0 Å². The Hall–Kier alpha value is -2.32. The molecule has 9 heteroatoms. The second kappa shape index (κ2) is 8.96. The van der Waals surface area contributed by atoms with Crippen molar-refractivity contribution in [2.45, 2.75) is 58.2 Å². The lowest BCUT2D eigenvalue weighted by atomic mass is 10.1. The highest BCUT2D eigenvalue weighted by Gasteiger charge is 2.27. The molecule has 0 aromatic rings. The van der Waals surface area contributed by atoms with E-state index in [9.17, 15) is 19.2 Å². The molecule has 0 aliphatic carbocycles. The topological polar surface area (TPSA) is 131 Å². The minimum absolute atomic E-state index is 0.145. The van der Waals surface area contributed by atoms with Crippen LogP contribution in [0, 0.1) is 0 Å². The Balaban J connectivity index is 4.85. The molecule has 0 aromatic heterocycles. The molecule has 2 amide bonds. The van der Waals surface area contributed by atoms with Gasteiger partial charge in [0.2, 0.25) is 5.91 Å². The van der Waals surface area contributed by atoms with Crippen molar-refractivity contribution in [3.8, 4) is 0 Å². The predicted octanol–water partition coefficient (Wildman–Crippen LogP) is 0.422. The third kappa shape index (κ3) is 9.33. The number of aliphatic carboxylic acids is 1. The van der Waals surface area contributed by atoms with Crippen LogP contribution < -0.4 is 10.6 Å². The Bertz CT molecular complexity index is 457. The van der Waals surface area contributed by atoms with Gasteiger partial charge in [-0.05, 0) is 34.1 Å². The third-order valence-electron chi connectivity index (χ3n) is 2.57. The molecule has 0 heterocycles. The highest BCUT2D eigenvalue weighted by Crippen LogP contribution is 2.08. The monoisotopic (exact) mass is 332 g/mol. The van der Waals surface area contributed by atoms with Crippen LogP contribution in [0.25, 0.3) is 0 Å². The lowest BCUT2D eigenvalue weighted by Crippen LogP contribution is -2.51. The first-order valence-electron chi connectivity index (χ1n) is 7.05. The maximum Gasteiger partial charge on any atom is 0.408 e. The zero-order valence-corrected chi connectivity index (χ0v) is 14.0. The van der Waals surface area contributed by atoms with E-state index in [0.717, 1.165) is 0 Å². The zero-order chi connectivity index (χ0) is 18.2. The van der Waals surface area contributed by atoms with Gasteiger partial charge in [-0.2, -0.15) is 0 Å². The van der Waals surface area contributed by atoms with E-state index in [0.29, 0.717) is 0 Å². The van der Waals surface area contributed by atoms with Gasteiger partial charge in [-0.1, -0.05) is 0 Å². The molecule has 3 N–H and O–H groups in total. The second-order valence-corrected chi connectivity index (χ2v) is 5.88. The SMILES string of the molecule is COC(=O)C(C)NC(=O)C(CCC(=O)O)NC(=O)OC(C)(C)C. The summed E-state index contributed by atoms with van der Waals surface area (Å²) >= 11 is 0. The average Bonchev–Trinajstić information content (AvgIpc) is 2.39. The number of carbonyl (C=O) groups is 4. The molecule has 2 unspecified atom stereocenters. The Kier molecular flexibility index (Phi) is 8.06. The number of hydrogen-bond acceptors (Lipinski definition) is 6. The van der Waals surface area contributed by atoms with E-state index >= 15 is 0 Å². The summed E-state index contributed by atoms with van der Waals surface area (Å²) in [7, 11) is 1.17. The van der Waals surface area contributed by atoms with Gasteiger partial charge in [0.25, 0.3) is 0 Å². The number of carboxylic acid groups (broad SMARTS) is 1. The molecule has 0 aliphatic rings. The number of ether oxygens (including phenoxy) is 2. The van der Waals surface area contributed by atoms with Crippen molar-refractivity contribution < 1.29 is 33.8 Å². The van der Waals surface area contributed by atoms with Crippen molar-refractivity contribution in [3.05, 3.63) is 0 Å². The van der Waals surface area contributed by atoms with Gasteiger partial charge >= 0.3 is 18.0 Å². The van der Waals surface area contributed by atoms with Crippen molar-refractivity contribution in [2.75, 3.05) is 7.11 Å². The Morgan fingerprint density at radius 2 is 1.70 bits per heavy atom. The van der Waals surface area contributed by atoms with Gasteiger partial charge < -0.3 is 25.2 Å². The summed E-state index contributed by atoms with van der Waals surface area (Å²) in [4.78, 5) is 45.8. The van der Waals surface area contributed by atoms with Crippen LogP contribution in [0.5, 0.6) is 0 Å². The highest BCUT2D eigenvalue weighted by molar-refractivity contribution is 5.89. The fraction of sp³-hybridized carbons (Fsp3) is 0.714. The number of rotatable bonds is 7. The van der Waals surface area contributed by atoms with Gasteiger partial charge in [-0.3, -0.25) is 9.59 Å². The predicted molar refractivity (Wildman–Crippen MR) is 79.6 cm³/mol. The number of hydrogen-bond donors (Lipinski definition) is 3. The van der Waals surface area contributed by atoms with Crippen LogP contribution >= 0.6 is 0 Å². The van der Waals surface area contributed by atoms with Gasteiger partial charge in [0.15, 0.2) is 0 Å². The van der Waals surface area contributed by atoms with E-state index in [2.05, 4.69) is 15.4 Å². The average molecular weight is 332 g/mol. The van der Waals surface area contributed by atoms with Crippen LogP contribution in [0.4, 0.5) is 4.79 Å². The largest absolute Gasteiger partial charge is 0.481 e. The minimum Gasteiger partial charge on any atom is -0.481 e. The summed E-state index contributed by atoms with van der Waals surface area (Å²) in [6, 6.07) is -2.08. The molecule has 0 rings (SSSR count). The number of methoxy groups -OCH3 is 1. The molecule has 0 spiro atoms. The Labute approximate surface area is 134 Å². The normalized spacial score (nSPS) is 13.4. The van der Waals surface area contributed by atoms with Crippen molar-refractivity contribution in [2.24, 2.45) is 0 Å². The van der Waals surface area contributed by atoms with E-state index in [1.165, 1.54) is 14.0 Å². The van der Waals surface area contributed by atoms with Crippen LogP contribution in [-0.4, -0.2) is 53.8 Å². The standard InChI is InChI=1S/C14H24N2O7/c1-8(12(20)22-5)15-11(19)9(6-7-10(17)18)16-13(21)23-14(2,3)4/h8-9H,6-7H2,1-5H3,(H,15,19)(H,16,21)(H,17,18). The molecular weight excluding hydrogens is 308 g/mol. The number of esters is 1. The maximum atomic E-state index is 12.1. The quantitative estimate of drug-likeness (QED) is 0.576. The van der Waals surface area contributed by atoms with E-state index in [4.69, 9.17) is 9.84 Å². The molecule has 0 fully saturated rings. The smallest absolute Gasteiger partial charge is 0.408 e. The van der Waals surface area contributed by atoms with Crippen molar-refractivity contribution in [3.63, 3.8) is 0 Å². The van der Waals surface area contributed by atoms with Gasteiger partial charge in [-0.15, -0.1) is 0 Å². The summed E-state index contributed by atoms with van der Waals surface area (Å²) < 4.78 is 9.51. The fourth-order valence-electron chi connectivity index (χ4n) is 1.54. The molecule has 0 saturated heterocycles. The first kappa shape index (κ1) is 20.7. The van der Waals surface area contributed by atoms with Crippen molar-refractivity contribution >= 4 is 23.9 Å². The van der Waals surface area contributed by atoms with Crippen LogP contribution in [0.2, 0.25) is 0 Å². The summed E-state index contributed by atoms with van der Waals surface area (Å²) in [6.45, 7) is 6.36. The van der Waals surface area contributed by atoms with Gasteiger partial charge in [0.1, 0.15) is 17.7 Å². The molecule has 0 saturated carbocycles. The van der Waals surface area contributed by atoms with E-state index in [-0.39, 0.29) is 12.8 Å². The first-order chi connectivity index (χ1) is 10.5. The molecule has 0 bridgehead atoms. The summed E-state index contributed by atoms with van der Waals surface area (Å²) in [6.07, 6.45) is -1.33. The molecule has 132 valence electrons. The number of carbonyl (C=O) groups excluding carboxylic acids is 3. The summed E-state index contributed by atoms with van der Waals surface area (Å²) in [5.41, 5.74) is -0.767. The number of carboxylic acids is 1. The molecule has 2 atom stereocenters. The first-order valence-corrected chi connectivity index (χ1v) is 7.05. The fourth-order valence-corrected chi connectivity index (χ4v) is 1.54. The van der Waals surface area contributed by atoms with Crippen LogP contribution in [-0.2, 0) is 23.9 Å². The molecule has 0 radical (unpaired) electrons. The third-order valence-corrected chi connectivity index (χ3v) is 2.57. The number of nitrogens with one attached hydrogen (secondary N) is 2. The molecule has 0 aliphatic heterocycles. The number of amides is 2. The van der Waals surface area contributed by atoms with Crippen molar-refractivity contribution in [1.29, 1.82) is 0 Å². The lowest BCUT2D eigenvalue weighted by Gasteiger charge is -2.23. The molecular formula is C14H24N2O7. The second-order valence-electron chi connectivity index (χ2n) is 5.88. The van der Waals surface area contributed by atoms with E-state index in [1.54, 1.807) is 20.8 Å². The zero-order valence-electron chi connectivity index (χ0n) is 14.0. The van der Waals surface area contributed by atoms with Crippen LogP contribution in [0.1, 0.15) is 40.5 Å². The minimum atomic E-state index is -1.15. The van der Waals surface area contributed by atoms with Crippen LogP contribution in [0.15, 0.2) is 0 Å².